The van der Waals surface area contributed by atoms with Gasteiger partial charge in [-0.2, -0.15) is 0 Å². The van der Waals surface area contributed by atoms with Crippen LogP contribution in [0.25, 0.3) is 0 Å². The van der Waals surface area contributed by atoms with Crippen molar-refractivity contribution < 1.29 is 14.3 Å². The van der Waals surface area contributed by atoms with Crippen molar-refractivity contribution >= 4 is 11.8 Å². The number of nitrogens with one attached hydrogen (secondary N) is 1. The number of ketones is 1. The predicted molar refractivity (Wildman–Crippen MR) is 47.0 cm³/mol. The van der Waals surface area contributed by atoms with E-state index in [-0.39, 0.29) is 18.3 Å². The van der Waals surface area contributed by atoms with Crippen molar-refractivity contribution in [2.75, 3.05) is 13.2 Å². The van der Waals surface area contributed by atoms with E-state index in [4.69, 9.17) is 4.74 Å². The van der Waals surface area contributed by atoms with Crippen molar-refractivity contribution in [3.05, 3.63) is 11.8 Å². The van der Waals surface area contributed by atoms with E-state index in [0.717, 1.165) is 5.70 Å². The molecule has 1 aliphatic carbocycles. The van der Waals surface area contributed by atoms with Crippen molar-refractivity contribution in [2.45, 2.75) is 19.8 Å². The van der Waals surface area contributed by atoms with Gasteiger partial charge in [0.1, 0.15) is 6.54 Å². The van der Waals surface area contributed by atoms with Crippen LogP contribution in [-0.2, 0) is 14.3 Å². The maximum atomic E-state index is 10.9. The van der Waals surface area contributed by atoms with Gasteiger partial charge < -0.3 is 10.1 Å². The standard InChI is InChI=1S/C9H13NO3/c1-2-13-9(12)6-10-7-3-4-8(11)5-7/h5,10H,2-4,6H2,1H3. The summed E-state index contributed by atoms with van der Waals surface area (Å²) in [7, 11) is 0. The zero-order valence-corrected chi connectivity index (χ0v) is 7.63. The van der Waals surface area contributed by atoms with Gasteiger partial charge >= 0.3 is 5.97 Å². The highest BCUT2D eigenvalue weighted by Crippen LogP contribution is 2.10. The summed E-state index contributed by atoms with van der Waals surface area (Å²) in [6, 6.07) is 0. The molecule has 72 valence electrons. The average molecular weight is 183 g/mol. The maximum Gasteiger partial charge on any atom is 0.325 e. The second-order valence-corrected chi connectivity index (χ2v) is 2.79. The van der Waals surface area contributed by atoms with E-state index in [1.165, 1.54) is 0 Å². The number of rotatable bonds is 4. The lowest BCUT2D eigenvalue weighted by Gasteiger charge is -2.05. The first kappa shape index (κ1) is 9.77. The molecule has 13 heavy (non-hydrogen) atoms. The smallest absolute Gasteiger partial charge is 0.325 e. The summed E-state index contributed by atoms with van der Waals surface area (Å²) in [5.41, 5.74) is 0.832. The van der Waals surface area contributed by atoms with E-state index < -0.39 is 0 Å². The van der Waals surface area contributed by atoms with E-state index >= 15 is 0 Å². The molecular weight excluding hydrogens is 170 g/mol. The van der Waals surface area contributed by atoms with Crippen molar-refractivity contribution in [1.29, 1.82) is 0 Å². The van der Waals surface area contributed by atoms with Crippen LogP contribution in [0, 0.1) is 0 Å². The molecule has 0 fully saturated rings. The molecule has 0 aromatic heterocycles. The molecule has 0 saturated heterocycles. The molecule has 0 aromatic rings. The van der Waals surface area contributed by atoms with Gasteiger partial charge in [0, 0.05) is 18.2 Å². The lowest BCUT2D eigenvalue weighted by molar-refractivity contribution is -0.141. The molecule has 0 aliphatic heterocycles. The average Bonchev–Trinajstić information content (AvgIpc) is 2.49. The van der Waals surface area contributed by atoms with Crippen molar-refractivity contribution in [1.82, 2.24) is 5.32 Å². The van der Waals surface area contributed by atoms with Gasteiger partial charge in [0.15, 0.2) is 5.78 Å². The minimum Gasteiger partial charge on any atom is -0.465 e. The van der Waals surface area contributed by atoms with Gasteiger partial charge in [-0.15, -0.1) is 0 Å². The second kappa shape index (κ2) is 4.64. The number of allylic oxidation sites excluding steroid dienone is 2. The zero-order chi connectivity index (χ0) is 9.68. The predicted octanol–water partition coefficient (Wildman–Crippen LogP) is 0.386. The third-order valence-electron chi connectivity index (χ3n) is 1.74. The molecule has 0 radical (unpaired) electrons. The molecule has 0 unspecified atom stereocenters. The van der Waals surface area contributed by atoms with Gasteiger partial charge in [-0.25, -0.2) is 0 Å². The van der Waals surface area contributed by atoms with Crippen LogP contribution in [0.4, 0.5) is 0 Å². The lowest BCUT2D eigenvalue weighted by Crippen LogP contribution is -2.23. The lowest BCUT2D eigenvalue weighted by atomic mass is 10.3. The Bertz CT molecular complexity index is 245. The number of hydrogen-bond acceptors (Lipinski definition) is 4. The van der Waals surface area contributed by atoms with Gasteiger partial charge in [0.2, 0.25) is 0 Å². The van der Waals surface area contributed by atoms with Crippen molar-refractivity contribution in [3.8, 4) is 0 Å². The van der Waals surface area contributed by atoms with Gasteiger partial charge in [-0.05, 0) is 13.3 Å². The summed E-state index contributed by atoms with van der Waals surface area (Å²) in [5.74, 6) is -0.172. The van der Waals surface area contributed by atoms with Crippen LogP contribution >= 0.6 is 0 Å². The number of carbonyl (C=O) groups excluding carboxylic acids is 2. The third kappa shape index (κ3) is 3.27. The van der Waals surface area contributed by atoms with E-state index in [1.54, 1.807) is 13.0 Å². The highest BCUT2D eigenvalue weighted by atomic mass is 16.5. The summed E-state index contributed by atoms with van der Waals surface area (Å²) in [6.45, 7) is 2.29. The van der Waals surface area contributed by atoms with E-state index in [2.05, 4.69) is 5.32 Å². The zero-order valence-electron chi connectivity index (χ0n) is 7.63. The minimum atomic E-state index is -0.289. The fourth-order valence-electron chi connectivity index (χ4n) is 1.13. The molecule has 1 aliphatic rings. The molecule has 0 heterocycles. The molecule has 1 N–H and O–H groups in total. The molecule has 0 spiro atoms. The first-order valence-electron chi connectivity index (χ1n) is 4.35. The largest absolute Gasteiger partial charge is 0.465 e. The number of carbonyl (C=O) groups is 2. The molecule has 0 aromatic carbocycles. The van der Waals surface area contributed by atoms with Crippen LogP contribution in [-0.4, -0.2) is 24.9 Å². The van der Waals surface area contributed by atoms with Gasteiger partial charge in [0.05, 0.1) is 6.61 Å². The van der Waals surface area contributed by atoms with E-state index in [0.29, 0.717) is 19.4 Å². The van der Waals surface area contributed by atoms with Crippen LogP contribution in [0.3, 0.4) is 0 Å². The number of hydrogen-bond donors (Lipinski definition) is 1. The SMILES string of the molecule is CCOC(=O)CNC1=CC(=O)CC1. The summed E-state index contributed by atoms with van der Waals surface area (Å²) >= 11 is 0. The quantitative estimate of drug-likeness (QED) is 0.640. The van der Waals surface area contributed by atoms with Crippen molar-refractivity contribution in [3.63, 3.8) is 0 Å². The fourth-order valence-corrected chi connectivity index (χ4v) is 1.13. The molecular formula is C9H13NO3. The van der Waals surface area contributed by atoms with Gasteiger partial charge in [-0.3, -0.25) is 9.59 Å². The summed E-state index contributed by atoms with van der Waals surface area (Å²) in [4.78, 5) is 21.7. The van der Waals surface area contributed by atoms with Crippen LogP contribution in [0.5, 0.6) is 0 Å². The topological polar surface area (TPSA) is 55.4 Å². The maximum absolute atomic E-state index is 10.9. The molecule has 0 bridgehead atoms. The highest BCUT2D eigenvalue weighted by Gasteiger charge is 2.12. The summed E-state index contributed by atoms with van der Waals surface area (Å²) < 4.78 is 4.71. The Morgan fingerprint density at radius 1 is 1.62 bits per heavy atom. The van der Waals surface area contributed by atoms with Crippen LogP contribution in [0.2, 0.25) is 0 Å². The number of ether oxygens (including phenoxy) is 1. The van der Waals surface area contributed by atoms with E-state index in [9.17, 15) is 9.59 Å². The first-order valence-corrected chi connectivity index (χ1v) is 4.35. The molecule has 0 saturated carbocycles. The van der Waals surface area contributed by atoms with Gasteiger partial charge in [0.25, 0.3) is 0 Å². The minimum absolute atomic E-state index is 0.117. The Hall–Kier alpha value is -1.32. The van der Waals surface area contributed by atoms with Crippen LogP contribution in [0.15, 0.2) is 11.8 Å². The van der Waals surface area contributed by atoms with Crippen LogP contribution < -0.4 is 5.32 Å². The third-order valence-corrected chi connectivity index (χ3v) is 1.74. The Morgan fingerprint density at radius 2 is 2.38 bits per heavy atom. The molecule has 4 heteroatoms. The second-order valence-electron chi connectivity index (χ2n) is 2.79. The van der Waals surface area contributed by atoms with Gasteiger partial charge in [-0.1, -0.05) is 0 Å². The van der Waals surface area contributed by atoms with E-state index in [1.807, 2.05) is 0 Å². The number of esters is 1. The monoisotopic (exact) mass is 183 g/mol. The Kier molecular flexibility index (Phi) is 3.49. The van der Waals surface area contributed by atoms with Crippen molar-refractivity contribution in [2.24, 2.45) is 0 Å². The molecule has 1 rings (SSSR count). The fraction of sp³-hybridized carbons (Fsp3) is 0.556. The summed E-state index contributed by atoms with van der Waals surface area (Å²) in [5, 5.41) is 2.86. The Morgan fingerprint density at radius 3 is 2.92 bits per heavy atom. The normalized spacial score (nSPS) is 15.5. The van der Waals surface area contributed by atoms with Crippen LogP contribution in [0.1, 0.15) is 19.8 Å². The summed E-state index contributed by atoms with van der Waals surface area (Å²) in [6.07, 6.45) is 2.79. The molecule has 4 nitrogen and oxygen atoms in total. The molecule has 0 amide bonds. The highest BCUT2D eigenvalue weighted by molar-refractivity contribution is 5.92. The first-order chi connectivity index (χ1) is 6.22. The Balaban J connectivity index is 2.23. The molecule has 0 atom stereocenters. The Labute approximate surface area is 76.9 Å².